The number of aromatic nitrogens is 1. The molecule has 1 fully saturated rings. The average Bonchev–Trinajstić information content (AvgIpc) is 2.95. The van der Waals surface area contributed by atoms with Crippen LogP contribution in [-0.2, 0) is 10.3 Å². The monoisotopic (exact) mass is 282 g/mol. The lowest BCUT2D eigenvalue weighted by Gasteiger charge is -2.34. The van der Waals surface area contributed by atoms with E-state index < -0.39 is 0 Å². The number of ether oxygens (including phenoxy) is 1. The first-order chi connectivity index (χ1) is 9.14. The summed E-state index contributed by atoms with van der Waals surface area (Å²) in [6.45, 7) is 8.27. The highest BCUT2D eigenvalue weighted by Crippen LogP contribution is 2.46. The van der Waals surface area contributed by atoms with Gasteiger partial charge in [0.2, 0.25) is 0 Å². The van der Waals surface area contributed by atoms with Crippen molar-refractivity contribution < 1.29 is 4.74 Å². The Hall–Kier alpha value is -0.450. The maximum atomic E-state index is 5.20. The van der Waals surface area contributed by atoms with Crippen LogP contribution in [0, 0.1) is 19.8 Å². The summed E-state index contributed by atoms with van der Waals surface area (Å²) in [4.78, 5) is 6.21. The zero-order valence-corrected chi connectivity index (χ0v) is 13.4. The smallest absolute Gasteiger partial charge is 0.114 e. The van der Waals surface area contributed by atoms with Gasteiger partial charge >= 0.3 is 0 Å². The van der Waals surface area contributed by atoms with Crippen LogP contribution in [0.2, 0.25) is 0 Å². The molecule has 0 radical (unpaired) electrons. The molecule has 4 heteroatoms. The molecule has 1 aromatic heterocycles. The fourth-order valence-electron chi connectivity index (χ4n) is 3.26. The van der Waals surface area contributed by atoms with E-state index in [1.54, 1.807) is 7.11 Å². The van der Waals surface area contributed by atoms with Gasteiger partial charge in [-0.1, -0.05) is 19.8 Å². The van der Waals surface area contributed by atoms with Gasteiger partial charge in [-0.2, -0.15) is 0 Å². The Bertz CT molecular complexity index is 399. The molecule has 108 valence electrons. The maximum absolute atomic E-state index is 5.20. The number of rotatable bonds is 6. The number of hydrogen-bond acceptors (Lipinski definition) is 4. The Balaban J connectivity index is 2.27. The SMILES string of the molecule is CCC1CCCC1(NCCOC)c1nc(C)c(C)s1. The molecular formula is C15H26N2OS. The summed E-state index contributed by atoms with van der Waals surface area (Å²) in [5.41, 5.74) is 1.28. The maximum Gasteiger partial charge on any atom is 0.114 e. The summed E-state index contributed by atoms with van der Waals surface area (Å²) in [5, 5.41) is 5.07. The molecule has 1 N–H and O–H groups in total. The van der Waals surface area contributed by atoms with Gasteiger partial charge < -0.3 is 10.1 Å². The molecule has 2 atom stereocenters. The van der Waals surface area contributed by atoms with Crippen molar-refractivity contribution in [3.63, 3.8) is 0 Å². The minimum Gasteiger partial charge on any atom is -0.383 e. The van der Waals surface area contributed by atoms with Crippen LogP contribution in [0.1, 0.15) is 48.2 Å². The average molecular weight is 282 g/mol. The minimum absolute atomic E-state index is 0.0942. The first-order valence-electron chi connectivity index (χ1n) is 7.32. The highest BCUT2D eigenvalue weighted by Gasteiger charge is 2.45. The zero-order chi connectivity index (χ0) is 13.9. The third-order valence-corrected chi connectivity index (χ3v) is 5.72. The van der Waals surface area contributed by atoms with E-state index in [2.05, 4.69) is 26.1 Å². The predicted octanol–water partition coefficient (Wildman–Crippen LogP) is 3.40. The van der Waals surface area contributed by atoms with Crippen LogP contribution in [0.15, 0.2) is 0 Å². The first-order valence-corrected chi connectivity index (χ1v) is 8.14. The molecule has 1 saturated carbocycles. The van der Waals surface area contributed by atoms with Crippen molar-refractivity contribution in [2.75, 3.05) is 20.3 Å². The third-order valence-electron chi connectivity index (χ3n) is 4.47. The van der Waals surface area contributed by atoms with E-state index >= 15 is 0 Å². The van der Waals surface area contributed by atoms with Crippen LogP contribution in [0.5, 0.6) is 0 Å². The van der Waals surface area contributed by atoms with Gasteiger partial charge in [0, 0.05) is 18.5 Å². The lowest BCUT2D eigenvalue weighted by molar-refractivity contribution is 0.167. The number of aryl methyl sites for hydroxylation is 2. The molecule has 1 aliphatic carbocycles. The summed E-state index contributed by atoms with van der Waals surface area (Å²) in [6.07, 6.45) is 5.05. The molecule has 2 unspecified atom stereocenters. The topological polar surface area (TPSA) is 34.1 Å². The van der Waals surface area contributed by atoms with E-state index in [0.717, 1.165) is 13.2 Å². The number of nitrogens with zero attached hydrogens (tertiary/aromatic N) is 1. The lowest BCUT2D eigenvalue weighted by Crippen LogP contribution is -2.46. The quantitative estimate of drug-likeness (QED) is 0.812. The second-order valence-corrected chi connectivity index (χ2v) is 6.75. The van der Waals surface area contributed by atoms with Crippen molar-refractivity contribution in [1.29, 1.82) is 0 Å². The van der Waals surface area contributed by atoms with Crippen molar-refractivity contribution in [3.8, 4) is 0 Å². The van der Waals surface area contributed by atoms with Gasteiger partial charge in [-0.25, -0.2) is 4.98 Å². The van der Waals surface area contributed by atoms with Gasteiger partial charge in [-0.15, -0.1) is 11.3 Å². The Morgan fingerprint density at radius 3 is 2.84 bits per heavy atom. The summed E-state index contributed by atoms with van der Waals surface area (Å²) in [7, 11) is 1.76. The van der Waals surface area contributed by atoms with Gasteiger partial charge in [0.1, 0.15) is 5.01 Å². The molecule has 0 saturated heterocycles. The Morgan fingerprint density at radius 1 is 1.47 bits per heavy atom. The molecule has 0 spiro atoms. The van der Waals surface area contributed by atoms with E-state index in [1.165, 1.54) is 41.3 Å². The van der Waals surface area contributed by atoms with Crippen LogP contribution >= 0.6 is 11.3 Å². The number of thiazole rings is 1. The molecule has 0 aliphatic heterocycles. The van der Waals surface area contributed by atoms with Crippen LogP contribution in [-0.4, -0.2) is 25.2 Å². The fraction of sp³-hybridized carbons (Fsp3) is 0.800. The van der Waals surface area contributed by atoms with Gasteiger partial charge in [0.15, 0.2) is 0 Å². The summed E-state index contributed by atoms with van der Waals surface area (Å²) >= 11 is 1.87. The third kappa shape index (κ3) is 2.86. The van der Waals surface area contributed by atoms with Crippen LogP contribution in [0.3, 0.4) is 0 Å². The van der Waals surface area contributed by atoms with Crippen molar-refractivity contribution >= 4 is 11.3 Å². The van der Waals surface area contributed by atoms with E-state index in [0.29, 0.717) is 5.92 Å². The second kappa shape index (κ2) is 6.33. The predicted molar refractivity (Wildman–Crippen MR) is 80.8 cm³/mol. The van der Waals surface area contributed by atoms with Crippen molar-refractivity contribution in [2.45, 2.75) is 52.0 Å². The zero-order valence-electron chi connectivity index (χ0n) is 12.6. The van der Waals surface area contributed by atoms with Crippen LogP contribution < -0.4 is 5.32 Å². The highest BCUT2D eigenvalue weighted by molar-refractivity contribution is 7.11. The molecular weight excluding hydrogens is 256 g/mol. The van der Waals surface area contributed by atoms with Gasteiger partial charge in [0.25, 0.3) is 0 Å². The second-order valence-electron chi connectivity index (χ2n) is 5.55. The summed E-state index contributed by atoms with van der Waals surface area (Å²) < 4.78 is 5.20. The highest BCUT2D eigenvalue weighted by atomic mass is 32.1. The largest absolute Gasteiger partial charge is 0.383 e. The molecule has 2 rings (SSSR count). The minimum atomic E-state index is 0.0942. The van der Waals surface area contributed by atoms with Crippen molar-refractivity contribution in [3.05, 3.63) is 15.6 Å². The summed E-state index contributed by atoms with van der Waals surface area (Å²) in [6, 6.07) is 0. The standard InChI is InChI=1S/C15H26N2OS/c1-5-13-7-6-8-15(13,16-9-10-18-4)14-17-11(2)12(3)19-14/h13,16H,5-10H2,1-4H3. The first kappa shape index (κ1) is 14.9. The molecule has 1 aromatic rings. The van der Waals surface area contributed by atoms with Gasteiger partial charge in [-0.3, -0.25) is 0 Å². The molecule has 19 heavy (non-hydrogen) atoms. The van der Waals surface area contributed by atoms with Crippen molar-refractivity contribution in [1.82, 2.24) is 10.3 Å². The van der Waals surface area contributed by atoms with Gasteiger partial charge in [0.05, 0.1) is 17.8 Å². The van der Waals surface area contributed by atoms with E-state index in [-0.39, 0.29) is 5.54 Å². The number of methoxy groups -OCH3 is 1. The van der Waals surface area contributed by atoms with Crippen LogP contribution in [0.4, 0.5) is 0 Å². The molecule has 1 heterocycles. The fourth-order valence-corrected chi connectivity index (χ4v) is 4.45. The van der Waals surface area contributed by atoms with Crippen LogP contribution in [0.25, 0.3) is 0 Å². The molecule has 3 nitrogen and oxygen atoms in total. The van der Waals surface area contributed by atoms with Gasteiger partial charge in [-0.05, 0) is 32.6 Å². The lowest BCUT2D eigenvalue weighted by atomic mass is 9.85. The van der Waals surface area contributed by atoms with Crippen molar-refractivity contribution in [2.24, 2.45) is 5.92 Å². The van der Waals surface area contributed by atoms with E-state index in [4.69, 9.17) is 9.72 Å². The molecule has 1 aliphatic rings. The summed E-state index contributed by atoms with van der Waals surface area (Å²) in [5.74, 6) is 0.703. The molecule has 0 aromatic carbocycles. The number of nitrogens with one attached hydrogen (secondary N) is 1. The Labute approximate surface area is 120 Å². The number of hydrogen-bond donors (Lipinski definition) is 1. The Kier molecular flexibility index (Phi) is 4.98. The normalized spacial score (nSPS) is 27.1. The molecule has 0 amide bonds. The van der Waals surface area contributed by atoms with E-state index in [1.807, 2.05) is 11.3 Å². The van der Waals surface area contributed by atoms with E-state index in [9.17, 15) is 0 Å². The molecule has 0 bridgehead atoms. The Morgan fingerprint density at radius 2 is 2.26 bits per heavy atom.